The Morgan fingerprint density at radius 1 is 1.16 bits per heavy atom. The van der Waals surface area contributed by atoms with Gasteiger partial charge in [0.15, 0.2) is 0 Å². The summed E-state index contributed by atoms with van der Waals surface area (Å²) in [5, 5.41) is 0. The Balaban J connectivity index is 1.70. The molecule has 3 heteroatoms. The van der Waals surface area contributed by atoms with Gasteiger partial charge in [-0.3, -0.25) is 0 Å². The van der Waals surface area contributed by atoms with Crippen molar-refractivity contribution < 1.29 is 4.74 Å². The van der Waals surface area contributed by atoms with Gasteiger partial charge in [0.05, 0.1) is 5.60 Å². The molecular weight excluding hydrogens is 254 g/mol. The minimum absolute atomic E-state index is 0.217. The number of hydrogen-bond acceptors (Lipinski definition) is 3. The van der Waals surface area contributed by atoms with Crippen LogP contribution < -0.4 is 5.73 Å². The maximum absolute atomic E-state index is 6.47. The second kappa shape index (κ2) is 5.23. The summed E-state index contributed by atoms with van der Waals surface area (Å²) in [6.07, 6.45) is 7.61. The maximum Gasteiger partial charge on any atom is 0.0783 e. The van der Waals surface area contributed by atoms with Gasteiger partial charge in [0, 0.05) is 18.4 Å². The van der Waals surface area contributed by atoms with E-state index in [1.165, 1.54) is 50.0 Å². The average Bonchev–Trinajstić information content (AvgIpc) is 2.80. The van der Waals surface area contributed by atoms with Crippen molar-refractivity contribution in [3.05, 3.63) is 0 Å². The highest BCUT2D eigenvalue weighted by Crippen LogP contribution is 2.48. The molecule has 0 amide bonds. The van der Waals surface area contributed by atoms with Gasteiger partial charge in [-0.2, -0.15) is 11.8 Å². The Hall–Kier alpha value is 0.270. The molecule has 2 N–H and O–H groups in total. The van der Waals surface area contributed by atoms with E-state index < -0.39 is 0 Å². The van der Waals surface area contributed by atoms with Gasteiger partial charge < -0.3 is 10.5 Å². The Kier molecular flexibility index (Phi) is 3.92. The third kappa shape index (κ3) is 2.98. The Morgan fingerprint density at radius 2 is 2.00 bits per heavy atom. The van der Waals surface area contributed by atoms with Gasteiger partial charge >= 0.3 is 0 Å². The molecule has 2 saturated heterocycles. The predicted octanol–water partition coefficient (Wildman–Crippen LogP) is 3.44. The molecule has 0 radical (unpaired) electrons. The molecule has 2 aliphatic heterocycles. The summed E-state index contributed by atoms with van der Waals surface area (Å²) in [4.78, 5) is 0. The van der Waals surface area contributed by atoms with Crippen LogP contribution in [0.2, 0.25) is 0 Å². The van der Waals surface area contributed by atoms with Gasteiger partial charge in [0.25, 0.3) is 0 Å². The van der Waals surface area contributed by atoms with E-state index >= 15 is 0 Å². The summed E-state index contributed by atoms with van der Waals surface area (Å²) in [7, 11) is 0. The number of ether oxygens (including phenoxy) is 1. The zero-order valence-electron chi connectivity index (χ0n) is 12.5. The van der Waals surface area contributed by atoms with Crippen LogP contribution in [0.5, 0.6) is 0 Å². The molecule has 1 spiro atoms. The molecule has 110 valence electrons. The number of thioether (sulfide) groups is 1. The zero-order valence-corrected chi connectivity index (χ0v) is 13.3. The molecule has 4 atom stereocenters. The van der Waals surface area contributed by atoms with Crippen LogP contribution in [-0.4, -0.2) is 29.8 Å². The molecule has 1 aliphatic carbocycles. The van der Waals surface area contributed by atoms with Crippen molar-refractivity contribution in [1.29, 1.82) is 0 Å². The highest BCUT2D eigenvalue weighted by atomic mass is 32.2. The van der Waals surface area contributed by atoms with Crippen molar-refractivity contribution in [2.24, 2.45) is 23.0 Å². The highest BCUT2D eigenvalue weighted by Gasteiger charge is 2.45. The van der Waals surface area contributed by atoms with Crippen LogP contribution in [0.1, 0.15) is 52.4 Å². The summed E-state index contributed by atoms with van der Waals surface area (Å²) in [6.45, 7) is 5.81. The Labute approximate surface area is 122 Å². The summed E-state index contributed by atoms with van der Waals surface area (Å²) in [6, 6.07) is 0.433. The third-order valence-electron chi connectivity index (χ3n) is 5.70. The van der Waals surface area contributed by atoms with Gasteiger partial charge in [-0.15, -0.1) is 0 Å². The van der Waals surface area contributed by atoms with Crippen molar-refractivity contribution in [1.82, 2.24) is 0 Å². The minimum Gasteiger partial charge on any atom is -0.374 e. The maximum atomic E-state index is 6.47. The largest absolute Gasteiger partial charge is 0.374 e. The first kappa shape index (κ1) is 14.2. The van der Waals surface area contributed by atoms with E-state index in [2.05, 4.69) is 25.6 Å². The molecule has 4 unspecified atom stereocenters. The van der Waals surface area contributed by atoms with Gasteiger partial charge in [0.1, 0.15) is 0 Å². The highest BCUT2D eigenvalue weighted by molar-refractivity contribution is 7.99. The fourth-order valence-electron chi connectivity index (χ4n) is 4.47. The molecule has 3 rings (SSSR count). The van der Waals surface area contributed by atoms with Crippen LogP contribution in [0, 0.1) is 17.3 Å². The summed E-state index contributed by atoms with van der Waals surface area (Å²) in [5.41, 5.74) is 7.19. The molecule has 0 aromatic heterocycles. The predicted molar refractivity (Wildman–Crippen MR) is 82.4 cm³/mol. The molecular formula is C16H29NOS. The van der Waals surface area contributed by atoms with Gasteiger partial charge in [-0.05, 0) is 61.5 Å². The quantitative estimate of drug-likeness (QED) is 0.800. The lowest BCUT2D eigenvalue weighted by molar-refractivity contribution is -0.0971. The lowest BCUT2D eigenvalue weighted by atomic mass is 9.63. The zero-order chi connectivity index (χ0) is 13.5. The Bertz CT molecular complexity index is 325. The fourth-order valence-corrected chi connectivity index (χ4v) is 5.85. The van der Waals surface area contributed by atoms with E-state index in [9.17, 15) is 0 Å². The average molecular weight is 283 g/mol. The van der Waals surface area contributed by atoms with Crippen LogP contribution in [0.4, 0.5) is 0 Å². The minimum atomic E-state index is 0.217. The molecule has 19 heavy (non-hydrogen) atoms. The molecule has 0 aromatic rings. The number of hydrogen-bond donors (Lipinski definition) is 1. The van der Waals surface area contributed by atoms with Crippen molar-refractivity contribution in [3.8, 4) is 0 Å². The molecule has 0 aromatic carbocycles. The van der Waals surface area contributed by atoms with E-state index in [-0.39, 0.29) is 5.60 Å². The van der Waals surface area contributed by atoms with Gasteiger partial charge in [-0.1, -0.05) is 13.8 Å². The van der Waals surface area contributed by atoms with E-state index in [1.807, 2.05) is 0 Å². The van der Waals surface area contributed by atoms with Crippen LogP contribution >= 0.6 is 11.8 Å². The second-order valence-corrected chi connectivity index (χ2v) is 8.93. The van der Waals surface area contributed by atoms with Crippen molar-refractivity contribution in [2.75, 3.05) is 18.1 Å². The smallest absolute Gasteiger partial charge is 0.0783 e. The van der Waals surface area contributed by atoms with E-state index in [1.54, 1.807) is 0 Å². The molecule has 3 aliphatic rings. The van der Waals surface area contributed by atoms with E-state index in [0.29, 0.717) is 11.5 Å². The van der Waals surface area contributed by atoms with Crippen molar-refractivity contribution in [2.45, 2.75) is 64.0 Å². The molecule has 2 nitrogen and oxygen atoms in total. The number of nitrogens with two attached hydrogens (primary N) is 1. The monoisotopic (exact) mass is 283 g/mol. The standard InChI is InChI=1S/C16H29NOS/c1-15(2)5-3-14(17)13(10-15)12-4-7-18-16(9-12)6-8-19-11-16/h12-14H,3-11,17H2,1-2H3. The summed E-state index contributed by atoms with van der Waals surface area (Å²) >= 11 is 2.07. The molecule has 2 heterocycles. The molecule has 1 saturated carbocycles. The second-order valence-electron chi connectivity index (χ2n) is 7.82. The fraction of sp³-hybridized carbons (Fsp3) is 1.00. The topological polar surface area (TPSA) is 35.2 Å². The van der Waals surface area contributed by atoms with Crippen LogP contribution in [0.15, 0.2) is 0 Å². The van der Waals surface area contributed by atoms with E-state index in [0.717, 1.165) is 18.4 Å². The Morgan fingerprint density at radius 3 is 2.74 bits per heavy atom. The lowest BCUT2D eigenvalue weighted by Gasteiger charge is -2.47. The summed E-state index contributed by atoms with van der Waals surface area (Å²) in [5.74, 6) is 4.04. The first-order chi connectivity index (χ1) is 9.00. The number of rotatable bonds is 1. The lowest BCUT2D eigenvalue weighted by Crippen LogP contribution is -2.48. The first-order valence-corrected chi connectivity index (χ1v) is 9.13. The van der Waals surface area contributed by atoms with E-state index in [4.69, 9.17) is 10.5 Å². The van der Waals surface area contributed by atoms with Gasteiger partial charge in [-0.25, -0.2) is 0 Å². The normalized spacial score (nSPS) is 46.6. The summed E-state index contributed by atoms with van der Waals surface area (Å²) < 4.78 is 6.17. The van der Waals surface area contributed by atoms with Crippen molar-refractivity contribution >= 4 is 11.8 Å². The first-order valence-electron chi connectivity index (χ1n) is 7.97. The van der Waals surface area contributed by atoms with Crippen LogP contribution in [-0.2, 0) is 4.74 Å². The molecule has 3 fully saturated rings. The SMILES string of the molecule is CC1(C)CCC(N)C(C2CCOC3(CCSC3)C2)C1. The third-order valence-corrected chi connectivity index (χ3v) is 6.92. The van der Waals surface area contributed by atoms with Crippen molar-refractivity contribution in [3.63, 3.8) is 0 Å². The van der Waals surface area contributed by atoms with Crippen LogP contribution in [0.3, 0.4) is 0 Å². The van der Waals surface area contributed by atoms with Gasteiger partial charge in [0.2, 0.25) is 0 Å². The molecule has 0 bridgehead atoms. The van der Waals surface area contributed by atoms with Crippen LogP contribution in [0.25, 0.3) is 0 Å².